The first-order valence-electron chi connectivity index (χ1n) is 10.6. The van der Waals surface area contributed by atoms with Crippen molar-refractivity contribution in [1.29, 1.82) is 0 Å². The zero-order chi connectivity index (χ0) is 22.0. The van der Waals surface area contributed by atoms with Crippen molar-refractivity contribution in [3.8, 4) is 0 Å². The molecule has 6 rings (SSSR count). The molecule has 0 radical (unpaired) electrons. The smallest absolute Gasteiger partial charge is 0.329 e. The fraction of sp³-hybridized carbons (Fsp3) is 0.192. The van der Waals surface area contributed by atoms with Crippen molar-refractivity contribution in [2.24, 2.45) is 11.8 Å². The van der Waals surface area contributed by atoms with Crippen LogP contribution in [0.4, 0.5) is 5.69 Å². The van der Waals surface area contributed by atoms with Crippen molar-refractivity contribution < 1.29 is 19.1 Å². The Hall–Kier alpha value is -3.93. The van der Waals surface area contributed by atoms with Gasteiger partial charge in [-0.3, -0.25) is 9.59 Å². The van der Waals surface area contributed by atoms with Crippen molar-refractivity contribution in [1.82, 2.24) is 4.90 Å². The van der Waals surface area contributed by atoms with Crippen LogP contribution in [0.25, 0.3) is 16.8 Å². The van der Waals surface area contributed by atoms with E-state index in [4.69, 9.17) is 4.74 Å². The van der Waals surface area contributed by atoms with Crippen LogP contribution in [-0.2, 0) is 19.1 Å². The molecule has 3 aliphatic rings. The van der Waals surface area contributed by atoms with Crippen LogP contribution in [-0.4, -0.2) is 35.8 Å². The van der Waals surface area contributed by atoms with Gasteiger partial charge < -0.3 is 9.64 Å². The molecule has 0 aromatic heterocycles. The van der Waals surface area contributed by atoms with Gasteiger partial charge in [-0.05, 0) is 40.1 Å². The molecular formula is C26H20N2O4. The molecule has 6 nitrogen and oxygen atoms in total. The monoisotopic (exact) mass is 424 g/mol. The Kier molecular flexibility index (Phi) is 3.99. The molecule has 0 N–H and O–H groups in total. The minimum atomic E-state index is -0.846. The van der Waals surface area contributed by atoms with E-state index < -0.39 is 29.9 Å². The van der Waals surface area contributed by atoms with Crippen LogP contribution < -0.4 is 4.90 Å². The van der Waals surface area contributed by atoms with E-state index in [-0.39, 0.29) is 11.8 Å². The molecule has 0 unspecified atom stereocenters. The van der Waals surface area contributed by atoms with E-state index in [0.29, 0.717) is 5.69 Å². The number of amides is 2. The highest BCUT2D eigenvalue weighted by Gasteiger charge is 2.65. The highest BCUT2D eigenvalue weighted by molar-refractivity contribution is 6.24. The van der Waals surface area contributed by atoms with Gasteiger partial charge in [-0.25, -0.2) is 9.69 Å². The molecule has 32 heavy (non-hydrogen) atoms. The van der Waals surface area contributed by atoms with E-state index in [1.165, 1.54) is 12.0 Å². The number of ether oxygens (including phenoxy) is 1. The van der Waals surface area contributed by atoms with E-state index in [0.717, 1.165) is 21.9 Å². The van der Waals surface area contributed by atoms with Gasteiger partial charge in [0, 0.05) is 6.20 Å². The summed E-state index contributed by atoms with van der Waals surface area (Å²) >= 11 is 0. The minimum absolute atomic E-state index is 0.276. The third kappa shape index (κ3) is 2.43. The number of esters is 1. The van der Waals surface area contributed by atoms with Gasteiger partial charge in [-0.15, -0.1) is 0 Å². The first-order valence-corrected chi connectivity index (χ1v) is 10.6. The summed E-state index contributed by atoms with van der Waals surface area (Å²) < 4.78 is 5.06. The van der Waals surface area contributed by atoms with Gasteiger partial charge in [0.15, 0.2) is 0 Å². The van der Waals surface area contributed by atoms with Crippen LogP contribution in [0.15, 0.2) is 72.9 Å². The molecular weight excluding hydrogens is 404 g/mol. The van der Waals surface area contributed by atoms with Crippen LogP contribution in [0.3, 0.4) is 0 Å². The SMILES string of the molecule is COC(=O)[C@H]1[C@@H]2C(=O)N(c3ccc4ccccc4c3)C(=O)[C@@H]2[C@H]2c3ccccc3C=CN21. The molecule has 0 spiro atoms. The number of benzene rings is 3. The molecule has 6 heteroatoms. The summed E-state index contributed by atoms with van der Waals surface area (Å²) in [5.74, 6) is -2.60. The summed E-state index contributed by atoms with van der Waals surface area (Å²) in [7, 11) is 1.31. The molecule has 158 valence electrons. The molecule has 0 aliphatic carbocycles. The van der Waals surface area contributed by atoms with Crippen molar-refractivity contribution in [2.75, 3.05) is 12.0 Å². The number of carbonyl (C=O) groups is 3. The lowest BCUT2D eigenvalue weighted by Crippen LogP contribution is -2.44. The summed E-state index contributed by atoms with van der Waals surface area (Å²) in [5.41, 5.74) is 2.46. The number of anilines is 1. The number of hydrogen-bond acceptors (Lipinski definition) is 5. The average molecular weight is 424 g/mol. The molecule has 3 aromatic carbocycles. The summed E-state index contributed by atoms with van der Waals surface area (Å²) in [6.07, 6.45) is 3.73. The molecule has 0 bridgehead atoms. The molecule has 3 aromatic rings. The van der Waals surface area contributed by atoms with Crippen molar-refractivity contribution in [2.45, 2.75) is 12.1 Å². The van der Waals surface area contributed by atoms with Crippen LogP contribution in [0.1, 0.15) is 17.2 Å². The Balaban J connectivity index is 1.49. The van der Waals surface area contributed by atoms with E-state index in [2.05, 4.69) is 0 Å². The second-order valence-electron chi connectivity index (χ2n) is 8.40. The van der Waals surface area contributed by atoms with E-state index in [1.54, 1.807) is 6.07 Å². The number of carbonyl (C=O) groups excluding carboxylic acids is 3. The molecule has 2 amide bonds. The number of nitrogens with zero attached hydrogens (tertiary/aromatic N) is 2. The first kappa shape index (κ1) is 18.8. The highest BCUT2D eigenvalue weighted by atomic mass is 16.5. The number of methoxy groups -OCH3 is 1. The summed E-state index contributed by atoms with van der Waals surface area (Å²) in [4.78, 5) is 43.3. The van der Waals surface area contributed by atoms with E-state index in [1.807, 2.05) is 77.8 Å². The van der Waals surface area contributed by atoms with Crippen molar-refractivity contribution in [3.63, 3.8) is 0 Å². The summed E-state index contributed by atoms with van der Waals surface area (Å²) in [6, 6.07) is 19.9. The van der Waals surface area contributed by atoms with Gasteiger partial charge >= 0.3 is 5.97 Å². The minimum Gasteiger partial charge on any atom is -0.467 e. The van der Waals surface area contributed by atoms with E-state index in [9.17, 15) is 14.4 Å². The van der Waals surface area contributed by atoms with Gasteiger partial charge in [-0.2, -0.15) is 0 Å². The van der Waals surface area contributed by atoms with Crippen LogP contribution in [0.5, 0.6) is 0 Å². The maximum absolute atomic E-state index is 13.8. The predicted octanol–water partition coefficient (Wildman–Crippen LogP) is 3.53. The Morgan fingerprint density at radius 1 is 0.875 bits per heavy atom. The first-order chi connectivity index (χ1) is 15.6. The average Bonchev–Trinajstić information content (AvgIpc) is 3.31. The Labute approximate surface area is 184 Å². The lowest BCUT2D eigenvalue weighted by Gasteiger charge is -2.34. The number of hydrogen-bond donors (Lipinski definition) is 0. The second kappa shape index (κ2) is 6.79. The lowest BCUT2D eigenvalue weighted by atomic mass is 9.84. The highest BCUT2D eigenvalue weighted by Crippen LogP contribution is 2.53. The second-order valence-corrected chi connectivity index (χ2v) is 8.40. The summed E-state index contributed by atoms with van der Waals surface area (Å²) in [6.45, 7) is 0. The van der Waals surface area contributed by atoms with Crippen molar-refractivity contribution in [3.05, 3.63) is 84.1 Å². The van der Waals surface area contributed by atoms with Crippen molar-refractivity contribution >= 4 is 40.3 Å². The zero-order valence-corrected chi connectivity index (χ0v) is 17.3. The third-order valence-electron chi connectivity index (χ3n) is 6.90. The zero-order valence-electron chi connectivity index (χ0n) is 17.3. The Morgan fingerprint density at radius 2 is 1.59 bits per heavy atom. The Morgan fingerprint density at radius 3 is 2.41 bits per heavy atom. The topological polar surface area (TPSA) is 66.9 Å². The molecule has 4 atom stereocenters. The standard InChI is InChI=1S/C26H20N2O4/c1-32-26(31)23-21-20(22-19-9-5-4-7-16(19)12-13-27(22)23)24(29)28(25(21)30)18-11-10-15-6-2-3-8-17(15)14-18/h2-14,20-23H,1H3/t20-,21+,22+,23+/m0/s1. The van der Waals surface area contributed by atoms with Gasteiger partial charge in [-0.1, -0.05) is 54.6 Å². The molecule has 0 saturated carbocycles. The molecule has 2 fully saturated rings. The summed E-state index contributed by atoms with van der Waals surface area (Å²) in [5, 5.41) is 1.97. The third-order valence-corrected chi connectivity index (χ3v) is 6.90. The van der Waals surface area contributed by atoms with Crippen LogP contribution in [0.2, 0.25) is 0 Å². The lowest BCUT2D eigenvalue weighted by molar-refractivity contribution is -0.148. The van der Waals surface area contributed by atoms with Gasteiger partial charge in [0.1, 0.15) is 6.04 Å². The maximum Gasteiger partial charge on any atom is 0.329 e. The number of imide groups is 1. The predicted molar refractivity (Wildman–Crippen MR) is 119 cm³/mol. The maximum atomic E-state index is 13.8. The number of fused-ring (bicyclic) bond motifs is 6. The molecule has 3 heterocycles. The van der Waals surface area contributed by atoms with Gasteiger partial charge in [0.05, 0.1) is 30.7 Å². The fourth-order valence-corrected chi connectivity index (χ4v) is 5.52. The Bertz CT molecular complexity index is 1330. The molecule has 3 aliphatic heterocycles. The number of rotatable bonds is 2. The van der Waals surface area contributed by atoms with Gasteiger partial charge in [0.25, 0.3) is 0 Å². The van der Waals surface area contributed by atoms with Crippen LogP contribution >= 0.6 is 0 Å². The fourth-order valence-electron chi connectivity index (χ4n) is 5.52. The molecule has 2 saturated heterocycles. The van der Waals surface area contributed by atoms with E-state index >= 15 is 0 Å². The largest absolute Gasteiger partial charge is 0.467 e. The quantitative estimate of drug-likeness (QED) is 0.465. The normalized spacial score (nSPS) is 25.7. The van der Waals surface area contributed by atoms with Gasteiger partial charge in [0.2, 0.25) is 11.8 Å². The van der Waals surface area contributed by atoms with Crippen LogP contribution in [0, 0.1) is 11.8 Å².